The van der Waals surface area contributed by atoms with Crippen LogP contribution in [0.5, 0.6) is 0 Å². The molecule has 2 heterocycles. The van der Waals surface area contributed by atoms with Crippen molar-refractivity contribution in [1.82, 2.24) is 9.88 Å². The maximum atomic E-state index is 12.1. The van der Waals surface area contributed by atoms with Crippen LogP contribution in [0.1, 0.15) is 37.0 Å². The monoisotopic (exact) mass is 517 g/mol. The molecule has 1 aromatic heterocycles. The van der Waals surface area contributed by atoms with Gasteiger partial charge >= 0.3 is 5.97 Å². The van der Waals surface area contributed by atoms with Gasteiger partial charge in [0.15, 0.2) is 0 Å². The molecule has 3 rings (SSSR count). The van der Waals surface area contributed by atoms with Gasteiger partial charge in [0.05, 0.1) is 17.1 Å². The number of piperazine rings is 1. The van der Waals surface area contributed by atoms with Crippen LogP contribution in [0, 0.1) is 17.2 Å². The molecule has 2 N–H and O–H groups in total. The van der Waals surface area contributed by atoms with Gasteiger partial charge in [-0.1, -0.05) is 13.8 Å². The summed E-state index contributed by atoms with van der Waals surface area (Å²) >= 11 is 0. The molecule has 8 nitrogen and oxygen atoms in total. The standard InChI is InChI=1S/C22H27N5O3.3ClH/c1-15(2)12-21(28)24-16-4-5-19-17(13-16)18(22(29)30)14-20(25-19)27-10-8-26(9-11-27)7-3-6-23;;;/h4-5,13-15H,3,7-12H2,1-2H3,(H,24,28)(H,29,30);3*1H. The minimum absolute atomic E-state index is 0. The van der Waals surface area contributed by atoms with Gasteiger partial charge in [-0.2, -0.15) is 5.26 Å². The van der Waals surface area contributed by atoms with Gasteiger partial charge in [-0.05, 0) is 30.2 Å². The van der Waals surface area contributed by atoms with Gasteiger partial charge in [0.25, 0.3) is 0 Å². The minimum Gasteiger partial charge on any atom is -0.478 e. The van der Waals surface area contributed by atoms with Crippen molar-refractivity contribution >= 4 is 71.5 Å². The first-order valence-electron chi connectivity index (χ1n) is 10.2. The van der Waals surface area contributed by atoms with Crippen molar-refractivity contribution in [3.8, 4) is 6.07 Å². The smallest absolute Gasteiger partial charge is 0.336 e. The lowest BCUT2D eigenvalue weighted by atomic mass is 10.1. The second-order valence-corrected chi connectivity index (χ2v) is 7.95. The Balaban J connectivity index is 0.00000341. The summed E-state index contributed by atoms with van der Waals surface area (Å²) in [5, 5.41) is 21.8. The summed E-state index contributed by atoms with van der Waals surface area (Å²) in [5.74, 6) is -0.247. The molecule has 2 aromatic rings. The van der Waals surface area contributed by atoms with Crippen molar-refractivity contribution in [1.29, 1.82) is 5.26 Å². The number of nitriles is 1. The van der Waals surface area contributed by atoms with E-state index in [0.29, 0.717) is 35.2 Å². The molecule has 11 heteroatoms. The molecule has 0 aliphatic carbocycles. The molecule has 1 amide bonds. The normalized spacial score (nSPS) is 13.3. The molecule has 182 valence electrons. The number of nitrogens with zero attached hydrogens (tertiary/aromatic N) is 4. The van der Waals surface area contributed by atoms with Gasteiger partial charge in [-0.15, -0.1) is 37.2 Å². The molecule has 1 aromatic carbocycles. The predicted octanol–water partition coefficient (Wildman–Crippen LogP) is 4.22. The number of anilines is 2. The van der Waals surface area contributed by atoms with E-state index >= 15 is 0 Å². The van der Waals surface area contributed by atoms with E-state index in [-0.39, 0.29) is 54.6 Å². The van der Waals surface area contributed by atoms with Crippen molar-refractivity contribution in [3.05, 3.63) is 29.8 Å². The van der Waals surface area contributed by atoms with E-state index < -0.39 is 5.97 Å². The van der Waals surface area contributed by atoms with Crippen LogP contribution in [0.25, 0.3) is 10.9 Å². The van der Waals surface area contributed by atoms with Gasteiger partial charge < -0.3 is 15.3 Å². The van der Waals surface area contributed by atoms with Gasteiger partial charge in [0, 0.05) is 56.6 Å². The lowest BCUT2D eigenvalue weighted by Crippen LogP contribution is -2.46. The van der Waals surface area contributed by atoms with Gasteiger partial charge in [-0.3, -0.25) is 9.69 Å². The number of benzene rings is 1. The zero-order valence-electron chi connectivity index (χ0n) is 18.6. The van der Waals surface area contributed by atoms with Crippen LogP contribution in [0.3, 0.4) is 0 Å². The summed E-state index contributed by atoms with van der Waals surface area (Å²) in [4.78, 5) is 33.0. The lowest BCUT2D eigenvalue weighted by molar-refractivity contribution is -0.116. The molecule has 33 heavy (non-hydrogen) atoms. The van der Waals surface area contributed by atoms with E-state index in [1.807, 2.05) is 13.8 Å². The highest BCUT2D eigenvalue weighted by molar-refractivity contribution is 6.05. The number of fused-ring (bicyclic) bond motifs is 1. The summed E-state index contributed by atoms with van der Waals surface area (Å²) in [6, 6.07) is 8.95. The van der Waals surface area contributed by atoms with Gasteiger partial charge in [0.2, 0.25) is 5.91 Å². The summed E-state index contributed by atoms with van der Waals surface area (Å²) < 4.78 is 0. The molecule has 1 saturated heterocycles. The summed E-state index contributed by atoms with van der Waals surface area (Å²) in [6.07, 6.45) is 0.911. The number of aromatic nitrogens is 1. The van der Waals surface area contributed by atoms with Gasteiger partial charge in [-0.25, -0.2) is 9.78 Å². The van der Waals surface area contributed by atoms with Crippen LogP contribution in [0.4, 0.5) is 11.5 Å². The predicted molar refractivity (Wildman–Crippen MR) is 137 cm³/mol. The van der Waals surface area contributed by atoms with Crippen molar-refractivity contribution in [2.45, 2.75) is 26.7 Å². The third-order valence-corrected chi connectivity index (χ3v) is 5.14. The van der Waals surface area contributed by atoms with E-state index in [4.69, 9.17) is 5.26 Å². The average Bonchev–Trinajstić information content (AvgIpc) is 2.71. The van der Waals surface area contributed by atoms with Crippen LogP contribution in [-0.4, -0.2) is 59.6 Å². The molecule has 0 unspecified atom stereocenters. The average molecular weight is 519 g/mol. The summed E-state index contributed by atoms with van der Waals surface area (Å²) in [7, 11) is 0. The second-order valence-electron chi connectivity index (χ2n) is 7.95. The maximum absolute atomic E-state index is 12.1. The first-order chi connectivity index (χ1) is 14.4. The molecule has 0 bridgehead atoms. The number of carbonyl (C=O) groups is 2. The number of carboxylic acids is 1. The Kier molecular flexibility index (Phi) is 13.1. The van der Waals surface area contributed by atoms with E-state index in [0.717, 1.165) is 32.7 Å². The third kappa shape index (κ3) is 8.20. The van der Waals surface area contributed by atoms with Gasteiger partial charge in [0.1, 0.15) is 5.82 Å². The molecule has 0 saturated carbocycles. The van der Waals surface area contributed by atoms with Crippen molar-refractivity contribution in [2.24, 2.45) is 5.92 Å². The quantitative estimate of drug-likeness (QED) is 0.565. The molecule has 0 atom stereocenters. The largest absolute Gasteiger partial charge is 0.478 e. The lowest BCUT2D eigenvalue weighted by Gasteiger charge is -2.35. The molecule has 0 radical (unpaired) electrons. The van der Waals surface area contributed by atoms with E-state index in [1.54, 1.807) is 24.3 Å². The number of halogens is 3. The van der Waals surface area contributed by atoms with Crippen LogP contribution >= 0.6 is 37.2 Å². The molecule has 1 aliphatic heterocycles. The minimum atomic E-state index is -1.03. The Morgan fingerprint density at radius 3 is 2.39 bits per heavy atom. The SMILES string of the molecule is CC(C)CC(=O)Nc1ccc2nc(N3CCN(CCC#N)CC3)cc(C(=O)O)c2c1.Cl.Cl.Cl. The number of aromatic carboxylic acids is 1. The van der Waals surface area contributed by atoms with Crippen LogP contribution < -0.4 is 10.2 Å². The van der Waals surface area contributed by atoms with E-state index in [1.165, 1.54) is 0 Å². The fraction of sp³-hybridized carbons (Fsp3) is 0.455. The highest BCUT2D eigenvalue weighted by atomic mass is 35.5. The van der Waals surface area contributed by atoms with E-state index in [9.17, 15) is 14.7 Å². The summed E-state index contributed by atoms with van der Waals surface area (Å²) in [6.45, 7) is 7.77. The number of pyridine rings is 1. The van der Waals surface area contributed by atoms with Crippen LogP contribution in [0.15, 0.2) is 24.3 Å². The zero-order valence-corrected chi connectivity index (χ0v) is 21.1. The molecular weight excluding hydrogens is 489 g/mol. The topological polar surface area (TPSA) is 110 Å². The Labute approximate surface area is 212 Å². The number of amides is 1. The van der Waals surface area contributed by atoms with Crippen LogP contribution in [0.2, 0.25) is 0 Å². The highest BCUT2D eigenvalue weighted by Gasteiger charge is 2.21. The summed E-state index contributed by atoms with van der Waals surface area (Å²) in [5.41, 5.74) is 1.32. The number of carbonyl (C=O) groups excluding carboxylic acids is 1. The second kappa shape index (κ2) is 14.1. The number of rotatable bonds is 7. The fourth-order valence-corrected chi connectivity index (χ4v) is 3.62. The first-order valence-corrected chi connectivity index (χ1v) is 10.2. The van der Waals surface area contributed by atoms with Crippen LogP contribution in [-0.2, 0) is 4.79 Å². The number of nitrogens with one attached hydrogen (secondary N) is 1. The molecule has 1 aliphatic rings. The number of hydrogen-bond acceptors (Lipinski definition) is 6. The Bertz CT molecular complexity index is 989. The number of carboxylic acid groups (broad SMARTS) is 1. The van der Waals surface area contributed by atoms with Crippen molar-refractivity contribution in [3.63, 3.8) is 0 Å². The maximum Gasteiger partial charge on any atom is 0.336 e. The zero-order chi connectivity index (χ0) is 21.7. The Morgan fingerprint density at radius 1 is 1.15 bits per heavy atom. The van der Waals surface area contributed by atoms with Crippen molar-refractivity contribution < 1.29 is 14.7 Å². The fourth-order valence-electron chi connectivity index (χ4n) is 3.62. The third-order valence-electron chi connectivity index (χ3n) is 5.14. The molecule has 0 spiro atoms. The molecular formula is C22H30Cl3N5O3. The number of hydrogen-bond donors (Lipinski definition) is 2. The van der Waals surface area contributed by atoms with Crippen molar-refractivity contribution in [2.75, 3.05) is 42.9 Å². The Morgan fingerprint density at radius 2 is 1.82 bits per heavy atom. The van der Waals surface area contributed by atoms with E-state index in [2.05, 4.69) is 26.2 Å². The Hall–Kier alpha value is -2.31. The first kappa shape index (κ1) is 30.7. The highest BCUT2D eigenvalue weighted by Crippen LogP contribution is 2.27. The molecule has 1 fully saturated rings.